The predicted octanol–water partition coefficient (Wildman–Crippen LogP) is 3.15. The maximum atomic E-state index is 15.0. The first-order valence-electron chi connectivity index (χ1n) is 28.6. The number of aliphatic carboxylic acids is 1. The fourth-order valence-electron chi connectivity index (χ4n) is 9.20. The Labute approximate surface area is 512 Å². The van der Waals surface area contributed by atoms with Crippen LogP contribution in [-0.2, 0) is 73.8 Å². The number of carbonyl (C=O) groups is 9. The van der Waals surface area contributed by atoms with Crippen LogP contribution in [0.4, 0.5) is 0 Å². The van der Waals surface area contributed by atoms with Crippen LogP contribution in [0.25, 0.3) is 0 Å². The largest absolute Gasteiger partial charge is 0.487 e. The summed E-state index contributed by atoms with van der Waals surface area (Å²) in [6.45, 7) is 32.0. The summed E-state index contributed by atoms with van der Waals surface area (Å²) < 4.78 is 52.6. The summed E-state index contributed by atoms with van der Waals surface area (Å²) in [6, 6.07) is -7.66. The van der Waals surface area contributed by atoms with Crippen molar-refractivity contribution in [1.29, 1.82) is 0 Å². The van der Waals surface area contributed by atoms with E-state index in [1.54, 1.807) is 110 Å². The van der Waals surface area contributed by atoms with Gasteiger partial charge in [0.05, 0.1) is 41.1 Å². The number of aryl methyl sites for hydroxylation is 1. The Morgan fingerprint density at radius 3 is 1.90 bits per heavy atom. The van der Waals surface area contributed by atoms with Crippen molar-refractivity contribution in [2.45, 2.75) is 245 Å². The van der Waals surface area contributed by atoms with Gasteiger partial charge in [-0.1, -0.05) is 13.8 Å². The number of sulfonamides is 1. The summed E-state index contributed by atoms with van der Waals surface area (Å²) in [5, 5.41) is 25.5. The molecule has 0 bridgehead atoms. The number of rotatable bonds is 30. The van der Waals surface area contributed by atoms with Crippen molar-refractivity contribution in [1.82, 2.24) is 41.5 Å². The van der Waals surface area contributed by atoms with Crippen LogP contribution >= 0.6 is 11.8 Å². The Kier molecular flexibility index (Phi) is 27.4. The van der Waals surface area contributed by atoms with Gasteiger partial charge in [0.15, 0.2) is 0 Å². The predicted molar refractivity (Wildman–Crippen MR) is 326 cm³/mol. The van der Waals surface area contributed by atoms with Crippen LogP contribution in [0.5, 0.6) is 5.75 Å². The lowest BCUT2D eigenvalue weighted by atomic mass is 9.97. The van der Waals surface area contributed by atoms with Crippen molar-refractivity contribution >= 4 is 81.0 Å². The molecule has 1 aromatic carbocycles. The molecule has 0 saturated carbocycles. The number of aliphatic imine (C=N–C) groups is 1. The summed E-state index contributed by atoms with van der Waals surface area (Å²) in [4.78, 5) is 129. The summed E-state index contributed by atoms with van der Waals surface area (Å²) in [5.41, 5.74) is 4.38. The van der Waals surface area contributed by atoms with E-state index in [1.165, 1.54) is 27.8 Å². The number of esters is 1. The standard InChI is InChI=1S/C58H98N10O16S2/c1-31(2)25-39(52(77)78)64-50(75)44(34(5)82-55(11,12)13)66-47(72)38(27-43(71)84-56(14,15)16)63-48(73)40(29-81-54(8,9)10)65-49(74)41(68(21)51(76)46(62-36(7)70)58(19,20)85-30-61-35(6)69)23-22-24-60-53(59)67-86(79,80)45-32(3)26-42-37(33(45)4)28-57(17,18)83-42/h26,31,34,38-41,44,46H,22-25,27-30H2,1-21H3,(H,61,69)(H,62,70)(H,63,73)(H,64,75)(H,65,74)(H,66,72)(H,77,78)(H3,59,60,67)/t34?,38-,39-,40-,41-,44-,46?/m0/s1. The summed E-state index contributed by atoms with van der Waals surface area (Å²) in [6.07, 6.45) is -1.70. The highest BCUT2D eigenvalue weighted by Gasteiger charge is 2.43. The molecule has 0 saturated heterocycles. The first-order valence-corrected chi connectivity index (χ1v) is 31.1. The Hall–Kier alpha value is -6.26. The number of ether oxygens (including phenoxy) is 4. The van der Waals surface area contributed by atoms with E-state index in [0.29, 0.717) is 23.3 Å². The molecular formula is C58H98N10O16S2. The van der Waals surface area contributed by atoms with E-state index < -0.39 is 146 Å². The first-order chi connectivity index (χ1) is 39.1. The second kappa shape index (κ2) is 31.1. The number of carboxylic acid groups (broad SMARTS) is 1. The molecule has 7 amide bonds. The van der Waals surface area contributed by atoms with E-state index in [4.69, 9.17) is 24.7 Å². The van der Waals surface area contributed by atoms with Crippen molar-refractivity contribution in [3.8, 4) is 5.75 Å². The van der Waals surface area contributed by atoms with Crippen LogP contribution in [-0.4, -0.2) is 173 Å². The molecule has 10 N–H and O–H groups in total. The number of guanidine groups is 1. The molecule has 2 unspecified atom stereocenters. The Bertz CT molecular complexity index is 2770. The number of fused-ring (bicyclic) bond motifs is 1. The van der Waals surface area contributed by atoms with Gasteiger partial charge < -0.3 is 66.6 Å². The zero-order valence-electron chi connectivity index (χ0n) is 54.2. The molecule has 0 fully saturated rings. The second-order valence-corrected chi connectivity index (χ2v) is 29.4. The van der Waals surface area contributed by atoms with Gasteiger partial charge in [-0.05, 0) is 153 Å². The topological polar surface area (TPSA) is 371 Å². The molecule has 7 atom stereocenters. The zero-order chi connectivity index (χ0) is 66.4. The van der Waals surface area contributed by atoms with Gasteiger partial charge >= 0.3 is 11.9 Å². The maximum Gasteiger partial charge on any atom is 0.326 e. The van der Waals surface area contributed by atoms with E-state index in [2.05, 4.69) is 41.6 Å². The minimum atomic E-state index is -4.30. The lowest BCUT2D eigenvalue weighted by Gasteiger charge is -2.38. The Morgan fingerprint density at radius 2 is 1.37 bits per heavy atom. The number of hydrogen-bond donors (Lipinski definition) is 9. The molecule has 28 heteroatoms. The lowest BCUT2D eigenvalue weighted by molar-refractivity contribution is -0.157. The Morgan fingerprint density at radius 1 is 0.802 bits per heavy atom. The molecule has 1 aliphatic heterocycles. The third-order valence-corrected chi connectivity index (χ3v) is 15.9. The zero-order valence-corrected chi connectivity index (χ0v) is 55.8. The van der Waals surface area contributed by atoms with Gasteiger partial charge in [-0.2, -0.15) is 0 Å². The van der Waals surface area contributed by atoms with Crippen LogP contribution in [0.15, 0.2) is 16.0 Å². The third-order valence-electron chi connectivity index (χ3n) is 13.0. The highest BCUT2D eigenvalue weighted by Crippen LogP contribution is 2.41. The van der Waals surface area contributed by atoms with Crippen molar-refractivity contribution in [3.63, 3.8) is 0 Å². The van der Waals surface area contributed by atoms with Gasteiger partial charge in [-0.15, -0.1) is 11.8 Å². The fourth-order valence-corrected chi connectivity index (χ4v) is 11.6. The minimum Gasteiger partial charge on any atom is -0.487 e. The van der Waals surface area contributed by atoms with Gasteiger partial charge in [0.1, 0.15) is 53.2 Å². The summed E-state index contributed by atoms with van der Waals surface area (Å²) in [5.74, 6) is -8.09. The number of carbonyl (C=O) groups excluding carboxylic acids is 8. The SMILES string of the molecule is CC(=O)NCSC(C)(C)C(NC(C)=O)C(=O)N(C)[C@@H](CCCN=C(N)NS(=O)(=O)c1c(C)cc2c(c1C)CC(C)(C)O2)C(=O)N[C@@H](COC(C)(C)C)C(=O)N[C@@H](CC(=O)OC(C)(C)C)C(=O)N[C@H](C(=O)N[C@@H](CC(C)C)C(=O)O)C(C)OC(C)(C)C. The first kappa shape index (κ1) is 75.8. The second-order valence-electron chi connectivity index (χ2n) is 26.2. The molecule has 0 spiro atoms. The number of thioether (sulfide) groups is 1. The van der Waals surface area contributed by atoms with Gasteiger partial charge in [0.2, 0.25) is 47.3 Å². The van der Waals surface area contributed by atoms with Crippen molar-refractivity contribution in [2.75, 3.05) is 26.1 Å². The highest BCUT2D eigenvalue weighted by atomic mass is 32.2. The molecule has 1 heterocycles. The number of nitrogens with zero attached hydrogens (tertiary/aromatic N) is 2. The van der Waals surface area contributed by atoms with E-state index in [0.717, 1.165) is 22.2 Å². The molecule has 0 aliphatic carbocycles. The molecule has 488 valence electrons. The van der Waals surface area contributed by atoms with Crippen molar-refractivity contribution in [2.24, 2.45) is 16.6 Å². The quantitative estimate of drug-likeness (QED) is 0.0176. The molecule has 86 heavy (non-hydrogen) atoms. The monoisotopic (exact) mass is 1250 g/mol. The summed E-state index contributed by atoms with van der Waals surface area (Å²) >= 11 is 1.13. The van der Waals surface area contributed by atoms with E-state index in [-0.39, 0.29) is 48.4 Å². The average Bonchev–Trinajstić information content (AvgIpc) is 1.96. The van der Waals surface area contributed by atoms with E-state index in [9.17, 15) is 56.7 Å². The fraction of sp³-hybridized carbons (Fsp3) is 0.724. The van der Waals surface area contributed by atoms with Crippen LogP contribution in [0.2, 0.25) is 0 Å². The number of benzene rings is 1. The molecular weight excluding hydrogens is 1160 g/mol. The number of carboxylic acids is 1. The Balaban J connectivity index is 2.75. The van der Waals surface area contributed by atoms with Crippen LogP contribution in [0, 0.1) is 19.8 Å². The number of likely N-dealkylation sites (N-methyl/N-ethyl adjacent to an activating group) is 1. The van der Waals surface area contributed by atoms with Gasteiger partial charge in [-0.25, -0.2) is 17.9 Å². The molecule has 0 aromatic heterocycles. The molecule has 26 nitrogen and oxygen atoms in total. The molecule has 2 rings (SSSR count). The minimum absolute atomic E-state index is 0.00497. The highest BCUT2D eigenvalue weighted by molar-refractivity contribution is 8.00. The van der Waals surface area contributed by atoms with E-state index in [1.807, 2.05) is 13.8 Å². The number of amides is 7. The third kappa shape index (κ3) is 25.2. The number of nitrogens with one attached hydrogen (secondary N) is 7. The normalized spacial score (nSPS) is 16.1. The molecule has 1 aliphatic rings. The van der Waals surface area contributed by atoms with Crippen molar-refractivity contribution in [3.05, 3.63) is 22.8 Å². The molecule has 0 radical (unpaired) electrons. The van der Waals surface area contributed by atoms with Crippen LogP contribution in [0.1, 0.15) is 167 Å². The van der Waals surface area contributed by atoms with Crippen molar-refractivity contribution < 1.29 is 75.6 Å². The smallest absolute Gasteiger partial charge is 0.326 e. The number of nitrogens with two attached hydrogens (primary N) is 1. The van der Waals surface area contributed by atoms with Crippen LogP contribution in [0.3, 0.4) is 0 Å². The van der Waals surface area contributed by atoms with Crippen LogP contribution < -0.4 is 47.1 Å². The number of hydrogen-bond acceptors (Lipinski definition) is 17. The van der Waals surface area contributed by atoms with Gasteiger partial charge in [0.25, 0.3) is 10.0 Å². The molecule has 1 aromatic rings. The summed E-state index contributed by atoms with van der Waals surface area (Å²) in [7, 11) is -3.00. The lowest BCUT2D eigenvalue weighted by Crippen LogP contribution is -2.63. The van der Waals surface area contributed by atoms with Gasteiger partial charge in [0, 0.05) is 44.2 Å². The average molecular weight is 1260 g/mol. The maximum absolute atomic E-state index is 15.0. The van der Waals surface area contributed by atoms with E-state index >= 15 is 0 Å². The van der Waals surface area contributed by atoms with Gasteiger partial charge in [-0.3, -0.25) is 43.3 Å².